The van der Waals surface area contributed by atoms with Gasteiger partial charge in [-0.05, 0) is 31.9 Å². The lowest BCUT2D eigenvalue weighted by atomic mass is 9.97. The normalized spacial score (nSPS) is 18.0. The number of carboxylic acids is 1. The van der Waals surface area contributed by atoms with Crippen molar-refractivity contribution in [2.45, 2.75) is 19.8 Å². The summed E-state index contributed by atoms with van der Waals surface area (Å²) in [5.41, 5.74) is 1.31. The molecule has 0 radical (unpaired) electrons. The molecule has 1 aliphatic heterocycles. The van der Waals surface area contributed by atoms with Gasteiger partial charge in [0.1, 0.15) is 17.0 Å². The third-order valence-electron chi connectivity index (χ3n) is 4.04. The number of nitrogens with zero attached hydrogens (tertiary/aromatic N) is 3. The predicted molar refractivity (Wildman–Crippen MR) is 80.7 cm³/mol. The van der Waals surface area contributed by atoms with Crippen molar-refractivity contribution < 1.29 is 19.2 Å². The average Bonchev–Trinajstić information content (AvgIpc) is 2.96. The molecule has 1 atom stereocenters. The summed E-state index contributed by atoms with van der Waals surface area (Å²) in [6, 6.07) is 5.34. The minimum atomic E-state index is -0.866. The molecule has 2 aromatic rings. The van der Waals surface area contributed by atoms with Crippen molar-refractivity contribution >= 4 is 11.9 Å². The molecule has 0 aromatic carbocycles. The van der Waals surface area contributed by atoms with Crippen molar-refractivity contribution in [3.63, 3.8) is 0 Å². The SMILES string of the molecule is Cc1onc(-c2ccccn2)c1C(=O)N1CCCC(C(=O)O)C1. The Labute approximate surface area is 132 Å². The van der Waals surface area contributed by atoms with Gasteiger partial charge in [0, 0.05) is 19.3 Å². The van der Waals surface area contributed by atoms with Crippen LogP contribution in [0.25, 0.3) is 11.4 Å². The summed E-state index contributed by atoms with van der Waals surface area (Å²) < 4.78 is 5.18. The Hall–Kier alpha value is -2.70. The van der Waals surface area contributed by atoms with Crippen LogP contribution in [-0.4, -0.2) is 45.1 Å². The van der Waals surface area contributed by atoms with Gasteiger partial charge in [-0.1, -0.05) is 11.2 Å². The van der Waals surface area contributed by atoms with E-state index in [1.54, 1.807) is 30.2 Å². The maximum atomic E-state index is 12.8. The van der Waals surface area contributed by atoms with Gasteiger partial charge in [-0.3, -0.25) is 14.6 Å². The van der Waals surface area contributed by atoms with Crippen LogP contribution in [-0.2, 0) is 4.79 Å². The van der Waals surface area contributed by atoms with Crippen LogP contribution in [0.1, 0.15) is 29.0 Å². The molecule has 23 heavy (non-hydrogen) atoms. The molecule has 0 aliphatic carbocycles. The molecule has 7 heteroatoms. The minimum absolute atomic E-state index is 0.209. The molecule has 2 aromatic heterocycles. The molecule has 1 fully saturated rings. The summed E-state index contributed by atoms with van der Waals surface area (Å²) in [6.07, 6.45) is 2.88. The summed E-state index contributed by atoms with van der Waals surface area (Å²) in [5, 5.41) is 13.1. The van der Waals surface area contributed by atoms with Gasteiger partial charge < -0.3 is 14.5 Å². The molecule has 0 bridgehead atoms. The number of pyridine rings is 1. The molecule has 1 N–H and O–H groups in total. The summed E-state index contributed by atoms with van der Waals surface area (Å²) >= 11 is 0. The number of carbonyl (C=O) groups excluding carboxylic acids is 1. The highest BCUT2D eigenvalue weighted by Gasteiger charge is 2.32. The third kappa shape index (κ3) is 2.94. The van der Waals surface area contributed by atoms with Crippen molar-refractivity contribution in [2.24, 2.45) is 5.92 Å². The molecule has 3 rings (SSSR count). The van der Waals surface area contributed by atoms with Crippen LogP contribution in [0, 0.1) is 12.8 Å². The Kier molecular flexibility index (Phi) is 4.10. The largest absolute Gasteiger partial charge is 0.481 e. The van der Waals surface area contributed by atoms with Gasteiger partial charge in [0.15, 0.2) is 0 Å². The van der Waals surface area contributed by atoms with Gasteiger partial charge in [-0.2, -0.15) is 0 Å². The lowest BCUT2D eigenvalue weighted by molar-refractivity contribution is -0.143. The predicted octanol–water partition coefficient (Wildman–Crippen LogP) is 1.98. The summed E-state index contributed by atoms with van der Waals surface area (Å²) in [4.78, 5) is 29.8. The van der Waals surface area contributed by atoms with Crippen LogP contribution in [0.3, 0.4) is 0 Å². The highest BCUT2D eigenvalue weighted by molar-refractivity contribution is 6.00. The fourth-order valence-electron chi connectivity index (χ4n) is 2.82. The number of carboxylic acid groups (broad SMARTS) is 1. The van der Waals surface area contributed by atoms with Gasteiger partial charge in [-0.25, -0.2) is 0 Å². The van der Waals surface area contributed by atoms with Crippen molar-refractivity contribution in [1.82, 2.24) is 15.0 Å². The zero-order chi connectivity index (χ0) is 16.4. The van der Waals surface area contributed by atoms with Gasteiger partial charge in [0.2, 0.25) is 0 Å². The Balaban J connectivity index is 1.91. The quantitative estimate of drug-likeness (QED) is 0.930. The van der Waals surface area contributed by atoms with E-state index in [1.807, 2.05) is 6.07 Å². The van der Waals surface area contributed by atoms with Crippen LogP contribution >= 0.6 is 0 Å². The third-order valence-corrected chi connectivity index (χ3v) is 4.04. The van der Waals surface area contributed by atoms with Crippen molar-refractivity contribution in [3.05, 3.63) is 35.7 Å². The summed E-state index contributed by atoms with van der Waals surface area (Å²) in [6.45, 7) is 2.42. The second-order valence-corrected chi connectivity index (χ2v) is 5.61. The van der Waals surface area contributed by atoms with E-state index in [0.717, 1.165) is 0 Å². The molecular formula is C16H17N3O4. The molecule has 1 unspecified atom stereocenters. The number of hydrogen-bond donors (Lipinski definition) is 1. The van der Waals surface area contributed by atoms with Crippen molar-refractivity contribution in [2.75, 3.05) is 13.1 Å². The van der Waals surface area contributed by atoms with Gasteiger partial charge in [0.25, 0.3) is 5.91 Å². The van der Waals surface area contributed by atoms with E-state index < -0.39 is 11.9 Å². The van der Waals surface area contributed by atoms with E-state index in [2.05, 4.69) is 10.1 Å². The number of likely N-dealkylation sites (tertiary alicyclic amines) is 1. The second-order valence-electron chi connectivity index (χ2n) is 5.61. The zero-order valence-corrected chi connectivity index (χ0v) is 12.7. The topological polar surface area (TPSA) is 96.5 Å². The first-order valence-electron chi connectivity index (χ1n) is 7.47. The number of rotatable bonds is 3. The molecule has 1 saturated heterocycles. The van der Waals surface area contributed by atoms with Gasteiger partial charge in [0.05, 0.1) is 11.6 Å². The fourth-order valence-corrected chi connectivity index (χ4v) is 2.82. The first-order chi connectivity index (χ1) is 11.1. The van der Waals surface area contributed by atoms with E-state index in [0.29, 0.717) is 42.1 Å². The maximum Gasteiger partial charge on any atom is 0.308 e. The highest BCUT2D eigenvalue weighted by atomic mass is 16.5. The standard InChI is InChI=1S/C16H17N3O4/c1-10-13(14(18-23-10)12-6-2-3-7-17-12)15(20)19-8-4-5-11(9-19)16(21)22/h2-3,6-7,11H,4-5,8-9H2,1H3,(H,21,22). The maximum absolute atomic E-state index is 12.8. The Morgan fingerprint density at radius 3 is 2.91 bits per heavy atom. The minimum Gasteiger partial charge on any atom is -0.481 e. The number of piperidine rings is 1. The van der Waals surface area contributed by atoms with Crippen LogP contribution < -0.4 is 0 Å². The second kappa shape index (κ2) is 6.20. The van der Waals surface area contributed by atoms with Crippen LogP contribution in [0.2, 0.25) is 0 Å². The first-order valence-corrected chi connectivity index (χ1v) is 7.47. The lowest BCUT2D eigenvalue weighted by Gasteiger charge is -2.30. The number of hydrogen-bond acceptors (Lipinski definition) is 5. The van der Waals surface area contributed by atoms with Gasteiger partial charge in [-0.15, -0.1) is 0 Å². The van der Waals surface area contributed by atoms with E-state index in [4.69, 9.17) is 4.52 Å². The van der Waals surface area contributed by atoms with Crippen LogP contribution in [0.4, 0.5) is 0 Å². The number of aromatic nitrogens is 2. The smallest absolute Gasteiger partial charge is 0.308 e. The molecule has 7 nitrogen and oxygen atoms in total. The molecule has 1 aliphatic rings. The first kappa shape index (κ1) is 15.2. The van der Waals surface area contributed by atoms with E-state index in [-0.39, 0.29) is 12.5 Å². The number of amides is 1. The number of carbonyl (C=O) groups is 2. The average molecular weight is 315 g/mol. The zero-order valence-electron chi connectivity index (χ0n) is 12.7. The monoisotopic (exact) mass is 315 g/mol. The van der Waals surface area contributed by atoms with E-state index in [9.17, 15) is 14.7 Å². The Morgan fingerprint density at radius 2 is 2.22 bits per heavy atom. The fraction of sp³-hybridized carbons (Fsp3) is 0.375. The van der Waals surface area contributed by atoms with Crippen LogP contribution in [0.15, 0.2) is 28.9 Å². The molecule has 120 valence electrons. The Bertz CT molecular complexity index is 726. The molecule has 1 amide bonds. The van der Waals surface area contributed by atoms with Crippen molar-refractivity contribution in [1.29, 1.82) is 0 Å². The summed E-state index contributed by atoms with van der Waals surface area (Å²) in [7, 11) is 0. The highest BCUT2D eigenvalue weighted by Crippen LogP contribution is 2.27. The molecule has 0 spiro atoms. The number of aryl methyl sites for hydroxylation is 1. The molecule has 0 saturated carbocycles. The van der Waals surface area contributed by atoms with Gasteiger partial charge >= 0.3 is 5.97 Å². The van der Waals surface area contributed by atoms with Crippen LogP contribution in [0.5, 0.6) is 0 Å². The molecular weight excluding hydrogens is 298 g/mol. The van der Waals surface area contributed by atoms with Crippen molar-refractivity contribution in [3.8, 4) is 11.4 Å². The lowest BCUT2D eigenvalue weighted by Crippen LogP contribution is -2.42. The summed E-state index contributed by atoms with van der Waals surface area (Å²) in [5.74, 6) is -1.23. The molecule has 3 heterocycles. The Morgan fingerprint density at radius 1 is 1.39 bits per heavy atom. The number of aliphatic carboxylic acids is 1. The van der Waals surface area contributed by atoms with E-state index in [1.165, 1.54) is 0 Å². The van der Waals surface area contributed by atoms with E-state index >= 15 is 0 Å².